The number of anilines is 2. The van der Waals surface area contributed by atoms with Crippen molar-refractivity contribution in [3.63, 3.8) is 0 Å². The molecule has 0 fully saturated rings. The number of nitrogens with one attached hydrogen (secondary N) is 3. The highest BCUT2D eigenvalue weighted by Crippen LogP contribution is 2.46. The first-order chi connectivity index (χ1) is 29.7. The van der Waals surface area contributed by atoms with E-state index in [1.165, 1.54) is 23.6 Å². The number of halogens is 6. The molecule has 4 aromatic carbocycles. The van der Waals surface area contributed by atoms with Gasteiger partial charge in [0.05, 0.1) is 47.5 Å². The average Bonchev–Trinajstić information content (AvgIpc) is 3.72. The summed E-state index contributed by atoms with van der Waals surface area (Å²) in [5.74, 6) is -1.38. The van der Waals surface area contributed by atoms with Crippen LogP contribution in [-0.4, -0.2) is 57.2 Å². The van der Waals surface area contributed by atoms with Crippen molar-refractivity contribution in [1.82, 2.24) is 20.8 Å². The van der Waals surface area contributed by atoms with Crippen molar-refractivity contribution in [2.75, 3.05) is 24.7 Å². The number of aliphatic hydroxyl groups excluding tert-OH is 2. The second-order valence-corrected chi connectivity index (χ2v) is 15.7. The highest BCUT2D eigenvalue weighted by molar-refractivity contribution is 6.13. The van der Waals surface area contributed by atoms with E-state index in [2.05, 4.69) is 21.4 Å². The SMILES string of the molecule is CC(=NNC(=O)CCO)c1c(O)n(-c2cc(C)cc(C)c2)c2cc(C(F)(F)F)c(Cc3cc(C)cc(N4C/C(=C(/C)NNC(=O)CCCCO)c5ccc(C(F)(F)F)cc54)c3)cc12. The standard InChI is InChI=1S/C46H48F6N6O5/c1-25-14-26(2)18-34(17-25)58-40-23-38(46(50,51)52)31(21-36(40)43(44(58)63)29(5)54-56-42(62)11-13-60)19-30-15-27(3)16-33(20-30)57-24-37(28(4)53-55-41(61)8-6-7-12-59)35-10-9-32(22-39(35)57)45(47,48)49/h9-10,14-18,20-23,53,59-60,63H,6-8,11-13,19,24H2,1-5H3,(H,55,61)(H,56,62)/b37-28+,54-29?. The Kier molecular flexibility index (Phi) is 13.6. The minimum atomic E-state index is -4.87. The number of unbranched alkanes of at least 4 members (excludes halogenated alkanes) is 1. The minimum absolute atomic E-state index is 0.0172. The number of hydrazone groups is 1. The molecular formula is C46H48F6N6O5. The first kappa shape index (κ1) is 46.2. The van der Waals surface area contributed by atoms with Crippen LogP contribution in [0.15, 0.2) is 77.5 Å². The first-order valence-electron chi connectivity index (χ1n) is 20.2. The number of aryl methyl sites for hydroxylation is 3. The lowest BCUT2D eigenvalue weighted by Crippen LogP contribution is -2.36. The fourth-order valence-corrected chi connectivity index (χ4v) is 7.92. The molecule has 0 atom stereocenters. The van der Waals surface area contributed by atoms with Crippen molar-refractivity contribution in [1.29, 1.82) is 0 Å². The molecule has 0 aliphatic carbocycles. The number of hydrogen-bond donors (Lipinski definition) is 6. The van der Waals surface area contributed by atoms with E-state index in [-0.39, 0.29) is 71.8 Å². The third kappa shape index (κ3) is 10.3. The van der Waals surface area contributed by atoms with Crippen LogP contribution in [0.3, 0.4) is 0 Å². The van der Waals surface area contributed by atoms with Gasteiger partial charge in [0.25, 0.3) is 0 Å². The Hall–Kier alpha value is -6.33. The highest BCUT2D eigenvalue weighted by atomic mass is 19.4. The molecule has 17 heteroatoms. The van der Waals surface area contributed by atoms with Gasteiger partial charge in [-0.2, -0.15) is 31.4 Å². The van der Waals surface area contributed by atoms with Crippen LogP contribution in [0.5, 0.6) is 5.88 Å². The number of hydrogen-bond acceptors (Lipinski definition) is 8. The van der Waals surface area contributed by atoms with E-state index in [1.54, 1.807) is 49.1 Å². The van der Waals surface area contributed by atoms with Gasteiger partial charge in [-0.05, 0) is 130 Å². The molecule has 0 radical (unpaired) electrons. The van der Waals surface area contributed by atoms with Crippen molar-refractivity contribution in [2.45, 2.75) is 79.1 Å². The lowest BCUT2D eigenvalue weighted by Gasteiger charge is -2.22. The van der Waals surface area contributed by atoms with E-state index in [4.69, 9.17) is 5.11 Å². The molecule has 6 rings (SSSR count). The van der Waals surface area contributed by atoms with Gasteiger partial charge in [-0.3, -0.25) is 19.6 Å². The number of aromatic nitrogens is 1. The Morgan fingerprint density at radius 2 is 1.44 bits per heavy atom. The summed E-state index contributed by atoms with van der Waals surface area (Å²) < 4.78 is 89.1. The fourth-order valence-electron chi connectivity index (χ4n) is 7.92. The van der Waals surface area contributed by atoms with Gasteiger partial charge in [-0.15, -0.1) is 0 Å². The maximum atomic E-state index is 15.2. The topological polar surface area (TPSA) is 151 Å². The van der Waals surface area contributed by atoms with Crippen LogP contribution < -0.4 is 21.2 Å². The Morgan fingerprint density at radius 1 is 0.762 bits per heavy atom. The van der Waals surface area contributed by atoms with Crippen LogP contribution in [0.4, 0.5) is 37.7 Å². The lowest BCUT2D eigenvalue weighted by molar-refractivity contribution is -0.138. The molecule has 11 nitrogen and oxygen atoms in total. The first-order valence-corrected chi connectivity index (χ1v) is 20.2. The smallest absolute Gasteiger partial charge is 0.416 e. The second-order valence-electron chi connectivity index (χ2n) is 15.7. The number of aliphatic hydroxyl groups is 2. The number of carbonyl (C=O) groups excluding carboxylic acids is 2. The molecule has 0 bridgehead atoms. The number of aromatic hydroxyl groups is 1. The lowest BCUT2D eigenvalue weighted by atomic mass is 9.95. The molecule has 0 saturated heterocycles. The summed E-state index contributed by atoms with van der Waals surface area (Å²) in [4.78, 5) is 26.3. The van der Waals surface area contributed by atoms with Gasteiger partial charge in [-0.1, -0.05) is 18.2 Å². The summed E-state index contributed by atoms with van der Waals surface area (Å²) in [6, 6.07) is 16.0. The largest absolute Gasteiger partial charge is 0.494 e. The zero-order chi connectivity index (χ0) is 46.0. The van der Waals surface area contributed by atoms with Gasteiger partial charge >= 0.3 is 12.4 Å². The van der Waals surface area contributed by atoms with Gasteiger partial charge in [0.15, 0.2) is 0 Å². The molecule has 5 aromatic rings. The number of hydrazine groups is 1. The van der Waals surface area contributed by atoms with E-state index in [1.807, 2.05) is 19.9 Å². The summed E-state index contributed by atoms with van der Waals surface area (Å²) in [5.41, 5.74) is 11.0. The van der Waals surface area contributed by atoms with Crippen molar-refractivity contribution < 1.29 is 51.3 Å². The van der Waals surface area contributed by atoms with E-state index in [0.29, 0.717) is 52.2 Å². The van der Waals surface area contributed by atoms with Gasteiger partial charge in [0, 0.05) is 52.3 Å². The van der Waals surface area contributed by atoms with Crippen molar-refractivity contribution in [2.24, 2.45) is 5.10 Å². The van der Waals surface area contributed by atoms with Crippen LogP contribution >= 0.6 is 0 Å². The molecule has 1 aromatic heterocycles. The second kappa shape index (κ2) is 18.6. The third-order valence-corrected chi connectivity index (χ3v) is 10.7. The van der Waals surface area contributed by atoms with E-state index in [9.17, 15) is 33.0 Å². The normalized spacial score (nSPS) is 14.0. The summed E-state index contributed by atoms with van der Waals surface area (Å²) in [7, 11) is 0. The van der Waals surface area contributed by atoms with Crippen molar-refractivity contribution in [3.05, 3.63) is 122 Å². The highest BCUT2D eigenvalue weighted by Gasteiger charge is 2.37. The number of rotatable bonds is 14. The number of benzene rings is 4. The van der Waals surface area contributed by atoms with E-state index < -0.39 is 41.9 Å². The van der Waals surface area contributed by atoms with Crippen LogP contribution in [0, 0.1) is 20.8 Å². The molecule has 1 aliphatic rings. The maximum Gasteiger partial charge on any atom is 0.416 e. The summed E-state index contributed by atoms with van der Waals surface area (Å²) in [6.45, 7) is 8.05. The van der Waals surface area contributed by atoms with Crippen LogP contribution in [-0.2, 0) is 28.4 Å². The summed E-state index contributed by atoms with van der Waals surface area (Å²) >= 11 is 0. The predicted octanol–water partition coefficient (Wildman–Crippen LogP) is 8.78. The fraction of sp³-hybridized carbons (Fsp3) is 0.326. The molecule has 2 heterocycles. The van der Waals surface area contributed by atoms with Gasteiger partial charge in [0.2, 0.25) is 17.7 Å². The predicted molar refractivity (Wildman–Crippen MR) is 229 cm³/mol. The number of amides is 2. The van der Waals surface area contributed by atoms with Crippen LogP contribution in [0.2, 0.25) is 0 Å². The summed E-state index contributed by atoms with van der Waals surface area (Å²) in [6.07, 6.45) is -9.05. The number of fused-ring (bicyclic) bond motifs is 2. The van der Waals surface area contributed by atoms with E-state index in [0.717, 1.165) is 29.3 Å². The number of alkyl halides is 6. The molecule has 0 spiro atoms. The van der Waals surface area contributed by atoms with Crippen LogP contribution in [0.1, 0.15) is 89.6 Å². The molecule has 6 N–H and O–H groups in total. The molecule has 0 unspecified atom stereocenters. The van der Waals surface area contributed by atoms with E-state index >= 15 is 13.2 Å². The Labute approximate surface area is 359 Å². The maximum absolute atomic E-state index is 15.2. The number of nitrogens with zero attached hydrogens (tertiary/aromatic N) is 3. The number of carbonyl (C=O) groups is 2. The molecule has 334 valence electrons. The van der Waals surface area contributed by atoms with Crippen molar-refractivity contribution in [3.8, 4) is 11.6 Å². The van der Waals surface area contributed by atoms with Gasteiger partial charge in [-0.25, -0.2) is 5.43 Å². The summed E-state index contributed by atoms with van der Waals surface area (Å²) in [5, 5.41) is 34.3. The van der Waals surface area contributed by atoms with Gasteiger partial charge < -0.3 is 25.6 Å². The average molecular weight is 879 g/mol. The number of allylic oxidation sites excluding steroid dienone is 1. The molecule has 63 heavy (non-hydrogen) atoms. The molecular weight excluding hydrogens is 831 g/mol. The monoisotopic (exact) mass is 878 g/mol. The quantitative estimate of drug-likeness (QED) is 0.0283. The minimum Gasteiger partial charge on any atom is -0.494 e. The van der Waals surface area contributed by atoms with Crippen LogP contribution in [0.25, 0.3) is 22.2 Å². The Morgan fingerprint density at radius 3 is 2.10 bits per heavy atom. The zero-order valence-electron chi connectivity index (χ0n) is 35.3. The molecule has 0 saturated carbocycles. The Balaban J connectivity index is 1.47. The van der Waals surface area contributed by atoms with Crippen molar-refractivity contribution >= 4 is 45.4 Å². The third-order valence-electron chi connectivity index (χ3n) is 10.7. The Bertz CT molecular complexity index is 2610. The molecule has 2 amide bonds. The zero-order valence-corrected chi connectivity index (χ0v) is 35.3. The molecule has 1 aliphatic heterocycles. The van der Waals surface area contributed by atoms with Gasteiger partial charge in [0.1, 0.15) is 0 Å².